The van der Waals surface area contributed by atoms with Gasteiger partial charge in [0.15, 0.2) is 5.43 Å². The minimum atomic E-state index is -1.27. The van der Waals surface area contributed by atoms with E-state index in [2.05, 4.69) is 37.9 Å². The number of rotatable bonds is 2. The molecule has 0 amide bonds. The number of carbonyl (C=O) groups is 1. The Morgan fingerprint density at radius 2 is 1.69 bits per heavy atom. The summed E-state index contributed by atoms with van der Waals surface area (Å²) in [4.78, 5) is 23.7. The predicted molar refractivity (Wildman–Crippen MR) is 105 cm³/mol. The van der Waals surface area contributed by atoms with E-state index in [4.69, 9.17) is 4.42 Å². The molecule has 2 aliphatic rings. The largest absolute Gasteiger partial charge is 1.00 e. The van der Waals surface area contributed by atoms with Crippen molar-refractivity contribution in [2.75, 3.05) is 0 Å². The van der Waals surface area contributed by atoms with Crippen LogP contribution in [-0.4, -0.2) is 11.4 Å². The van der Waals surface area contributed by atoms with Crippen molar-refractivity contribution >= 4 is 48.8 Å². The van der Waals surface area contributed by atoms with E-state index in [1.54, 1.807) is 36.4 Å². The number of aromatic carboxylic acids is 1. The Morgan fingerprint density at radius 1 is 1.00 bits per heavy atom. The summed E-state index contributed by atoms with van der Waals surface area (Å²) in [5.41, 5.74) is 2.06. The summed E-state index contributed by atoms with van der Waals surface area (Å²) >= 11 is 6.69. The number of hydrogen-bond acceptors (Lipinski definition) is 5. The average Bonchev–Trinajstić information content (AvgIpc) is 2.64. The van der Waals surface area contributed by atoms with E-state index in [0.717, 1.165) is 0 Å². The number of carboxylic acid groups (broad SMARTS) is 1. The molecule has 0 aromatic heterocycles. The van der Waals surface area contributed by atoms with E-state index < -0.39 is 5.97 Å². The molecule has 2 aromatic rings. The van der Waals surface area contributed by atoms with Crippen LogP contribution in [0.5, 0.6) is 0 Å². The van der Waals surface area contributed by atoms with Gasteiger partial charge in [0, 0.05) is 16.7 Å². The first kappa shape index (κ1) is 26.6. The van der Waals surface area contributed by atoms with Crippen LogP contribution < -0.4 is 69.6 Å². The van der Waals surface area contributed by atoms with Crippen LogP contribution in [0.1, 0.15) is 10.4 Å². The van der Waals surface area contributed by atoms with Crippen LogP contribution in [0.15, 0.2) is 66.7 Å². The Hall–Kier alpha value is -0.480. The molecule has 4 rings (SSSR count). The maximum Gasteiger partial charge on any atom is 1.00 e. The van der Waals surface area contributed by atoms with Gasteiger partial charge in [-0.3, -0.25) is 4.79 Å². The van der Waals surface area contributed by atoms with E-state index in [1.165, 1.54) is 12.1 Å². The molecule has 1 heterocycles. The van der Waals surface area contributed by atoms with Gasteiger partial charge in [0.2, 0.25) is 0 Å². The fourth-order valence-electron chi connectivity index (χ4n) is 3.01. The van der Waals surface area contributed by atoms with Crippen LogP contribution in [-0.2, 0) is 0 Å². The van der Waals surface area contributed by atoms with Crippen molar-refractivity contribution in [3.63, 3.8) is 0 Å². The molecule has 0 unspecified atom stereocenters. The SMILES string of the molecule is O=C([O-])c1ccccc1-c1c2ccc(=O)c(Br)c-2oc2c(Br)[c-]ccc12.[Na+].[Na+].[OH-]. The molecular weight excluding hydrogens is 526 g/mol. The van der Waals surface area contributed by atoms with Crippen LogP contribution in [0.2, 0.25) is 0 Å². The molecule has 0 saturated carbocycles. The third kappa shape index (κ3) is 4.74. The summed E-state index contributed by atoms with van der Waals surface area (Å²) < 4.78 is 6.82. The zero-order valence-electron chi connectivity index (χ0n) is 15.5. The molecule has 0 fully saturated rings. The van der Waals surface area contributed by atoms with Crippen LogP contribution in [0, 0.1) is 6.07 Å². The van der Waals surface area contributed by atoms with Crippen LogP contribution in [0.3, 0.4) is 0 Å². The summed E-state index contributed by atoms with van der Waals surface area (Å²) in [6, 6.07) is 16.2. The second kappa shape index (κ2) is 10.7. The Kier molecular flexibility index (Phi) is 9.80. The first-order valence-corrected chi connectivity index (χ1v) is 9.13. The molecule has 2 aromatic carbocycles. The Balaban J connectivity index is 0.00000140. The smallest absolute Gasteiger partial charge is 0.870 e. The fourth-order valence-corrected chi connectivity index (χ4v) is 3.86. The average molecular weight is 535 g/mol. The molecule has 1 N–H and O–H groups in total. The van der Waals surface area contributed by atoms with Gasteiger partial charge in [-0.1, -0.05) is 50.1 Å². The number of fused-ring (bicyclic) bond motifs is 2. The van der Waals surface area contributed by atoms with Crippen LogP contribution >= 0.6 is 31.9 Å². The van der Waals surface area contributed by atoms with Crippen LogP contribution in [0.25, 0.3) is 33.4 Å². The Labute approximate surface area is 227 Å². The molecule has 1 aliphatic carbocycles. The predicted octanol–water partition coefficient (Wildman–Crippen LogP) is -1.92. The molecule has 0 saturated heterocycles. The monoisotopic (exact) mass is 533 g/mol. The maximum atomic E-state index is 12.0. The second-order valence-corrected chi connectivity index (χ2v) is 7.18. The van der Waals surface area contributed by atoms with Gasteiger partial charge < -0.3 is 19.8 Å². The molecule has 0 spiro atoms. The second-order valence-electron chi connectivity index (χ2n) is 5.60. The molecule has 0 atom stereocenters. The zero-order chi connectivity index (χ0) is 18.4. The van der Waals surface area contributed by atoms with Crippen molar-refractivity contribution in [1.82, 2.24) is 0 Å². The summed E-state index contributed by atoms with van der Waals surface area (Å²) in [7, 11) is 0. The van der Waals surface area contributed by atoms with Crippen molar-refractivity contribution in [3.8, 4) is 22.5 Å². The van der Waals surface area contributed by atoms with Crippen molar-refractivity contribution in [3.05, 3.63) is 79.3 Å². The number of carbonyl (C=O) groups excluding carboxylic acids is 1. The molecule has 5 nitrogen and oxygen atoms in total. The number of benzene rings is 3. The molecule has 0 bridgehead atoms. The minimum absolute atomic E-state index is 0. The van der Waals surface area contributed by atoms with Crippen LogP contribution in [0.4, 0.5) is 0 Å². The normalized spacial score (nSPS) is 10.0. The summed E-state index contributed by atoms with van der Waals surface area (Å²) in [5.74, 6) is -0.933. The molecular formula is C20H9Br2Na2O5-. The molecule has 9 heteroatoms. The first-order chi connectivity index (χ1) is 12.5. The fraction of sp³-hybridized carbons (Fsp3) is 0. The molecule has 1 aliphatic heterocycles. The number of hydrogen-bond donors (Lipinski definition) is 0. The third-order valence-electron chi connectivity index (χ3n) is 4.12. The van der Waals surface area contributed by atoms with Gasteiger partial charge in [-0.05, 0) is 39.2 Å². The van der Waals surface area contributed by atoms with Gasteiger partial charge in [0.05, 0.1) is 5.97 Å². The molecule has 29 heavy (non-hydrogen) atoms. The number of carboxylic acids is 1. The van der Waals surface area contributed by atoms with E-state index in [1.807, 2.05) is 0 Å². The minimum Gasteiger partial charge on any atom is -0.870 e. The zero-order valence-corrected chi connectivity index (χ0v) is 22.6. The van der Waals surface area contributed by atoms with E-state index in [9.17, 15) is 14.7 Å². The van der Waals surface area contributed by atoms with Gasteiger partial charge in [0.1, 0.15) is 10.2 Å². The van der Waals surface area contributed by atoms with Crippen molar-refractivity contribution < 1.29 is 78.9 Å². The standard InChI is InChI=1S/C20H9Br2O4.2Na.H2O/c21-14-7-3-6-12-16(10-4-1-2-5-11(10)20(24)25)13-8-9-15(23)17(22)19(13)26-18(12)14;;;/h1-6,8-9H,(H,24,25);;;1H2/q-1;2*+1;/p-2. The van der Waals surface area contributed by atoms with Gasteiger partial charge in [-0.2, -0.15) is 18.2 Å². The summed E-state index contributed by atoms with van der Waals surface area (Å²) in [6.07, 6.45) is 0. The quantitative estimate of drug-likeness (QED) is 0.170. The van der Waals surface area contributed by atoms with E-state index >= 15 is 0 Å². The van der Waals surface area contributed by atoms with Crippen molar-refractivity contribution in [2.45, 2.75) is 0 Å². The van der Waals surface area contributed by atoms with Crippen molar-refractivity contribution in [2.24, 2.45) is 0 Å². The van der Waals surface area contributed by atoms with Gasteiger partial charge in [0.25, 0.3) is 0 Å². The van der Waals surface area contributed by atoms with Gasteiger partial charge >= 0.3 is 59.1 Å². The summed E-state index contributed by atoms with van der Waals surface area (Å²) in [5, 5.41) is 12.3. The van der Waals surface area contributed by atoms with Gasteiger partial charge in [-0.25, -0.2) is 0 Å². The first-order valence-electron chi connectivity index (χ1n) is 7.55. The van der Waals surface area contributed by atoms with Gasteiger partial charge in [-0.15, -0.1) is 0 Å². The summed E-state index contributed by atoms with van der Waals surface area (Å²) in [6.45, 7) is 0. The third-order valence-corrected chi connectivity index (χ3v) is 5.46. The Bertz CT molecular complexity index is 1220. The topological polar surface area (TPSA) is 100 Å². The maximum absolute atomic E-state index is 12.0. The number of halogens is 2. The molecule has 0 radical (unpaired) electrons. The van der Waals surface area contributed by atoms with E-state index in [0.29, 0.717) is 37.9 Å². The molecule has 136 valence electrons. The van der Waals surface area contributed by atoms with E-state index in [-0.39, 0.29) is 80.1 Å². The van der Waals surface area contributed by atoms with Crippen molar-refractivity contribution in [1.29, 1.82) is 0 Å². The Morgan fingerprint density at radius 3 is 2.38 bits per heavy atom.